The summed E-state index contributed by atoms with van der Waals surface area (Å²) in [5.41, 5.74) is 0. The zero-order chi connectivity index (χ0) is 11.1. The van der Waals surface area contributed by atoms with Crippen LogP contribution in [-0.2, 0) is 0 Å². The summed E-state index contributed by atoms with van der Waals surface area (Å²) in [5.74, 6) is 3.19. The Balaban J connectivity index is 4.59. The molecule has 0 aromatic carbocycles. The highest BCUT2D eigenvalue weighted by Crippen LogP contribution is 2.34. The topological polar surface area (TPSA) is 0 Å². The van der Waals surface area contributed by atoms with Crippen LogP contribution in [0.4, 0.5) is 0 Å². The number of hydrogen-bond acceptors (Lipinski definition) is 0. The fourth-order valence-electron chi connectivity index (χ4n) is 2.55. The first-order valence-corrected chi connectivity index (χ1v) is 6.24. The van der Waals surface area contributed by atoms with Crippen LogP contribution in [0.2, 0.25) is 0 Å². The minimum absolute atomic E-state index is 0.708. The third-order valence-electron chi connectivity index (χ3n) is 3.87. The van der Waals surface area contributed by atoms with Crippen LogP contribution in [0.15, 0.2) is 12.7 Å². The van der Waals surface area contributed by atoms with E-state index in [0.717, 1.165) is 17.8 Å². The van der Waals surface area contributed by atoms with Crippen LogP contribution in [0, 0.1) is 23.7 Å². The van der Waals surface area contributed by atoms with Crippen LogP contribution >= 0.6 is 0 Å². The molecular weight excluding hydrogens is 168 g/mol. The number of allylic oxidation sites excluding steroid dienone is 1. The third-order valence-corrected chi connectivity index (χ3v) is 3.87. The molecule has 0 saturated heterocycles. The van der Waals surface area contributed by atoms with Gasteiger partial charge in [-0.25, -0.2) is 0 Å². The van der Waals surface area contributed by atoms with Crippen molar-refractivity contribution in [2.75, 3.05) is 0 Å². The van der Waals surface area contributed by atoms with Gasteiger partial charge in [0.15, 0.2) is 0 Å². The van der Waals surface area contributed by atoms with Crippen LogP contribution in [0.5, 0.6) is 0 Å². The SMILES string of the molecule is C=CC(CC)C(C(C)CC)C(C)CC. The zero-order valence-corrected chi connectivity index (χ0v) is 10.7. The van der Waals surface area contributed by atoms with E-state index in [1.165, 1.54) is 19.3 Å². The van der Waals surface area contributed by atoms with E-state index in [4.69, 9.17) is 0 Å². The van der Waals surface area contributed by atoms with E-state index in [-0.39, 0.29) is 0 Å². The Morgan fingerprint density at radius 2 is 1.36 bits per heavy atom. The van der Waals surface area contributed by atoms with Gasteiger partial charge in [0.25, 0.3) is 0 Å². The van der Waals surface area contributed by atoms with Gasteiger partial charge in [-0.05, 0) is 30.1 Å². The van der Waals surface area contributed by atoms with Gasteiger partial charge >= 0.3 is 0 Å². The quantitative estimate of drug-likeness (QED) is 0.508. The van der Waals surface area contributed by atoms with Crippen molar-refractivity contribution in [1.29, 1.82) is 0 Å². The van der Waals surface area contributed by atoms with Gasteiger partial charge in [0, 0.05) is 0 Å². The van der Waals surface area contributed by atoms with E-state index >= 15 is 0 Å². The lowest BCUT2D eigenvalue weighted by Crippen LogP contribution is -2.26. The van der Waals surface area contributed by atoms with Crippen molar-refractivity contribution in [3.8, 4) is 0 Å². The number of rotatable bonds is 7. The molecule has 0 aliphatic rings. The summed E-state index contributed by atoms with van der Waals surface area (Å²) in [4.78, 5) is 0. The van der Waals surface area contributed by atoms with Crippen LogP contribution in [0.3, 0.4) is 0 Å². The largest absolute Gasteiger partial charge is 0.103 e. The highest BCUT2D eigenvalue weighted by atomic mass is 14.3. The van der Waals surface area contributed by atoms with E-state index in [1.807, 2.05) is 0 Å². The highest BCUT2D eigenvalue weighted by molar-refractivity contribution is 4.88. The molecule has 84 valence electrons. The van der Waals surface area contributed by atoms with Gasteiger partial charge in [-0.15, -0.1) is 6.58 Å². The van der Waals surface area contributed by atoms with Crippen molar-refractivity contribution in [2.24, 2.45) is 23.7 Å². The molecule has 0 radical (unpaired) electrons. The predicted molar refractivity (Wildman–Crippen MR) is 66.4 cm³/mol. The molecule has 3 atom stereocenters. The Hall–Kier alpha value is -0.260. The Morgan fingerprint density at radius 3 is 1.57 bits per heavy atom. The van der Waals surface area contributed by atoms with E-state index in [9.17, 15) is 0 Å². The van der Waals surface area contributed by atoms with Gasteiger partial charge in [0.1, 0.15) is 0 Å². The van der Waals surface area contributed by atoms with Crippen molar-refractivity contribution in [1.82, 2.24) is 0 Å². The summed E-state index contributed by atoms with van der Waals surface area (Å²) in [5, 5.41) is 0. The maximum absolute atomic E-state index is 3.99. The van der Waals surface area contributed by atoms with Crippen LogP contribution < -0.4 is 0 Å². The summed E-state index contributed by atoms with van der Waals surface area (Å²) in [6.45, 7) is 15.7. The van der Waals surface area contributed by atoms with Crippen molar-refractivity contribution in [3.63, 3.8) is 0 Å². The monoisotopic (exact) mass is 196 g/mol. The van der Waals surface area contributed by atoms with Crippen LogP contribution in [-0.4, -0.2) is 0 Å². The molecule has 3 unspecified atom stereocenters. The molecule has 0 spiro atoms. The predicted octanol–water partition coefficient (Wildman–Crippen LogP) is 4.91. The van der Waals surface area contributed by atoms with E-state index in [2.05, 4.69) is 47.3 Å². The molecule has 0 rings (SSSR count). The summed E-state index contributed by atoms with van der Waals surface area (Å²) in [6, 6.07) is 0. The lowest BCUT2D eigenvalue weighted by Gasteiger charge is -2.33. The molecule has 0 heterocycles. The Morgan fingerprint density at radius 1 is 0.929 bits per heavy atom. The van der Waals surface area contributed by atoms with Crippen LogP contribution in [0.25, 0.3) is 0 Å². The zero-order valence-electron chi connectivity index (χ0n) is 10.7. The van der Waals surface area contributed by atoms with Gasteiger partial charge < -0.3 is 0 Å². The second-order valence-electron chi connectivity index (χ2n) is 4.66. The molecule has 0 aromatic heterocycles. The van der Waals surface area contributed by atoms with Crippen molar-refractivity contribution in [3.05, 3.63) is 12.7 Å². The normalized spacial score (nSPS) is 19.8. The molecule has 0 fully saturated rings. The lowest BCUT2D eigenvalue weighted by atomic mass is 9.72. The molecule has 0 nitrogen and oxygen atoms in total. The summed E-state index contributed by atoms with van der Waals surface area (Å²) in [7, 11) is 0. The first-order valence-electron chi connectivity index (χ1n) is 6.24. The van der Waals surface area contributed by atoms with E-state index < -0.39 is 0 Å². The third kappa shape index (κ3) is 3.48. The second-order valence-corrected chi connectivity index (χ2v) is 4.66. The maximum atomic E-state index is 3.99. The Kier molecular flexibility index (Phi) is 6.96. The molecule has 0 aliphatic carbocycles. The minimum atomic E-state index is 0.708. The van der Waals surface area contributed by atoms with E-state index in [0.29, 0.717) is 5.92 Å². The smallest absolute Gasteiger partial charge is 0.0205 e. The molecular formula is C14H28. The molecule has 0 aromatic rings. The van der Waals surface area contributed by atoms with E-state index in [1.54, 1.807) is 0 Å². The van der Waals surface area contributed by atoms with Crippen molar-refractivity contribution >= 4 is 0 Å². The Labute approximate surface area is 90.8 Å². The van der Waals surface area contributed by atoms with Gasteiger partial charge in [0.05, 0.1) is 0 Å². The average molecular weight is 196 g/mol. The fraction of sp³-hybridized carbons (Fsp3) is 0.857. The summed E-state index contributed by atoms with van der Waals surface area (Å²) in [6.07, 6.45) is 5.99. The van der Waals surface area contributed by atoms with Crippen LogP contribution in [0.1, 0.15) is 53.9 Å². The lowest BCUT2D eigenvalue weighted by molar-refractivity contribution is 0.181. The van der Waals surface area contributed by atoms with Gasteiger partial charge in [0.2, 0.25) is 0 Å². The fourth-order valence-corrected chi connectivity index (χ4v) is 2.55. The molecule has 0 bridgehead atoms. The average Bonchev–Trinajstić information content (AvgIpc) is 2.23. The highest BCUT2D eigenvalue weighted by Gasteiger charge is 2.26. The molecule has 0 amide bonds. The molecule has 0 N–H and O–H groups in total. The standard InChI is InChI=1S/C14H28/c1-7-11(5)14(12(6)8-2)13(9-3)10-4/h9,11-14H,3,7-8,10H2,1-2,4-6H3. The molecule has 0 aliphatic heterocycles. The molecule has 0 heteroatoms. The maximum Gasteiger partial charge on any atom is -0.0205 e. The molecule has 0 saturated carbocycles. The van der Waals surface area contributed by atoms with Crippen molar-refractivity contribution < 1.29 is 0 Å². The molecule has 14 heavy (non-hydrogen) atoms. The second kappa shape index (κ2) is 7.09. The number of hydrogen-bond donors (Lipinski definition) is 0. The first-order chi connectivity index (χ1) is 6.62. The summed E-state index contributed by atoms with van der Waals surface area (Å²) < 4.78 is 0. The first kappa shape index (κ1) is 13.7. The van der Waals surface area contributed by atoms with Gasteiger partial charge in [-0.1, -0.05) is 53.5 Å². The Bertz CT molecular complexity index is 138. The minimum Gasteiger partial charge on any atom is -0.103 e. The van der Waals surface area contributed by atoms with Gasteiger partial charge in [-0.2, -0.15) is 0 Å². The van der Waals surface area contributed by atoms with Gasteiger partial charge in [-0.3, -0.25) is 0 Å². The van der Waals surface area contributed by atoms with Crippen molar-refractivity contribution in [2.45, 2.75) is 53.9 Å². The summed E-state index contributed by atoms with van der Waals surface area (Å²) >= 11 is 0.